The molecule has 8 nitrogen and oxygen atoms in total. The maximum absolute atomic E-state index is 13.1. The van der Waals surface area contributed by atoms with Crippen molar-refractivity contribution in [2.75, 3.05) is 13.2 Å². The zero-order valence-electron chi connectivity index (χ0n) is 23.7. The molecule has 14 heteroatoms. The lowest BCUT2D eigenvalue weighted by atomic mass is 10.1. The summed E-state index contributed by atoms with van der Waals surface area (Å²) in [6.07, 6.45) is 5.57. The fourth-order valence-electron chi connectivity index (χ4n) is 5.47. The van der Waals surface area contributed by atoms with Crippen molar-refractivity contribution in [2.45, 2.75) is 52.4 Å². The normalized spacial score (nSPS) is 21.2. The van der Waals surface area contributed by atoms with Crippen molar-refractivity contribution in [3.63, 3.8) is 0 Å². The summed E-state index contributed by atoms with van der Waals surface area (Å²) in [6.45, 7) is 4.43. The molecule has 0 aliphatic heterocycles. The zero-order valence-corrected chi connectivity index (χ0v) is 28.2. The summed E-state index contributed by atoms with van der Waals surface area (Å²) >= 11 is 37.3. The van der Waals surface area contributed by atoms with Gasteiger partial charge in [0, 0.05) is 0 Å². The highest BCUT2D eigenvalue weighted by Crippen LogP contribution is 2.42. The van der Waals surface area contributed by atoms with Crippen LogP contribution in [0.2, 0.25) is 30.1 Å². The monoisotopic (exact) mass is 726 g/mol. The molecular formula is C30H28Cl6O8. The molecule has 0 bridgehead atoms. The average molecular weight is 729 g/mol. The van der Waals surface area contributed by atoms with Gasteiger partial charge in [0.25, 0.3) is 0 Å². The van der Waals surface area contributed by atoms with E-state index in [0.717, 1.165) is 50.7 Å². The van der Waals surface area contributed by atoms with E-state index in [1.165, 1.54) is 0 Å². The number of ether oxygens (including phenoxy) is 4. The van der Waals surface area contributed by atoms with Crippen molar-refractivity contribution in [1.82, 2.24) is 0 Å². The van der Waals surface area contributed by atoms with Gasteiger partial charge in [-0.1, -0.05) is 96.3 Å². The number of halogens is 6. The van der Waals surface area contributed by atoms with E-state index < -0.39 is 46.5 Å². The maximum Gasteiger partial charge on any atom is 0.423 e. The topological polar surface area (TPSA) is 105 Å². The Kier molecular flexibility index (Phi) is 12.0. The standard InChI is InChI=1S/C30H28Cl6O8/c1-13-3-5-15(7-13)11-41-27(37)21-23(35)17(31)9-19(33)25(21)43-29(39)30(40)44-26-20(34)10-18(32)24(36)22(26)28(38)42-12-16-6-4-14(2)8-16/h9-10,13-16H,3-8,11-12H2,1-2H3. The van der Waals surface area contributed by atoms with E-state index in [0.29, 0.717) is 11.8 Å². The predicted octanol–water partition coefficient (Wildman–Crippen LogP) is 9.30. The third kappa shape index (κ3) is 8.25. The first-order valence-corrected chi connectivity index (χ1v) is 16.2. The summed E-state index contributed by atoms with van der Waals surface area (Å²) in [5.41, 5.74) is -0.899. The summed E-state index contributed by atoms with van der Waals surface area (Å²) in [7, 11) is 0. The first kappa shape index (κ1) is 34.9. The average Bonchev–Trinajstić information content (AvgIpc) is 3.59. The number of carbonyl (C=O) groups is 4. The molecule has 0 N–H and O–H groups in total. The van der Waals surface area contributed by atoms with E-state index in [1.54, 1.807) is 0 Å². The Hall–Kier alpha value is -1.94. The Morgan fingerprint density at radius 2 is 0.977 bits per heavy atom. The molecular weight excluding hydrogens is 701 g/mol. The number of benzene rings is 2. The molecule has 44 heavy (non-hydrogen) atoms. The van der Waals surface area contributed by atoms with Gasteiger partial charge in [-0.05, 0) is 61.5 Å². The molecule has 0 saturated heterocycles. The van der Waals surface area contributed by atoms with Crippen molar-refractivity contribution in [3.05, 3.63) is 53.4 Å². The summed E-state index contributed by atoms with van der Waals surface area (Å²) in [5, 5.41) is -1.44. The van der Waals surface area contributed by atoms with Crippen LogP contribution in [0, 0.1) is 23.7 Å². The van der Waals surface area contributed by atoms with Gasteiger partial charge in [0.1, 0.15) is 11.1 Å². The van der Waals surface area contributed by atoms with E-state index in [2.05, 4.69) is 13.8 Å². The molecule has 4 atom stereocenters. The van der Waals surface area contributed by atoms with Gasteiger partial charge in [-0.25, -0.2) is 19.2 Å². The minimum Gasteiger partial charge on any atom is -0.462 e. The van der Waals surface area contributed by atoms with Crippen molar-refractivity contribution in [2.24, 2.45) is 23.7 Å². The van der Waals surface area contributed by atoms with E-state index in [-0.39, 0.29) is 55.2 Å². The second-order valence-electron chi connectivity index (χ2n) is 11.3. The summed E-state index contributed by atoms with van der Waals surface area (Å²) in [5.74, 6) is -4.99. The maximum atomic E-state index is 13.1. The Bertz CT molecular complexity index is 1370. The van der Waals surface area contributed by atoms with Gasteiger partial charge in [0.15, 0.2) is 11.5 Å². The van der Waals surface area contributed by atoms with Crippen molar-refractivity contribution >= 4 is 93.5 Å². The van der Waals surface area contributed by atoms with Crippen LogP contribution < -0.4 is 9.47 Å². The van der Waals surface area contributed by atoms with Gasteiger partial charge in [-0.2, -0.15) is 0 Å². The molecule has 0 radical (unpaired) electrons. The fraction of sp³-hybridized carbons (Fsp3) is 0.467. The second kappa shape index (κ2) is 15.1. The van der Waals surface area contributed by atoms with Crippen LogP contribution in [0.3, 0.4) is 0 Å². The molecule has 238 valence electrons. The van der Waals surface area contributed by atoms with Crippen molar-refractivity contribution < 1.29 is 38.1 Å². The van der Waals surface area contributed by atoms with Gasteiger partial charge in [0.05, 0.1) is 43.3 Å². The molecule has 0 spiro atoms. The van der Waals surface area contributed by atoms with Gasteiger partial charge < -0.3 is 18.9 Å². The minimum absolute atomic E-state index is 0.105. The highest BCUT2D eigenvalue weighted by Gasteiger charge is 2.33. The van der Waals surface area contributed by atoms with Crippen LogP contribution in [-0.4, -0.2) is 37.1 Å². The molecule has 2 aliphatic rings. The molecule has 2 aromatic carbocycles. The minimum atomic E-state index is -1.63. The van der Waals surface area contributed by atoms with E-state index in [4.69, 9.17) is 88.6 Å². The largest absolute Gasteiger partial charge is 0.462 e. The summed E-state index contributed by atoms with van der Waals surface area (Å²) in [4.78, 5) is 51.9. The first-order chi connectivity index (χ1) is 20.8. The van der Waals surface area contributed by atoms with Crippen LogP contribution in [0.4, 0.5) is 0 Å². The van der Waals surface area contributed by atoms with Crippen molar-refractivity contribution in [1.29, 1.82) is 0 Å². The molecule has 2 saturated carbocycles. The number of hydrogen-bond acceptors (Lipinski definition) is 8. The predicted molar refractivity (Wildman–Crippen MR) is 168 cm³/mol. The van der Waals surface area contributed by atoms with Gasteiger partial charge in [0.2, 0.25) is 0 Å². The summed E-state index contributed by atoms with van der Waals surface area (Å²) in [6, 6.07) is 2.26. The van der Waals surface area contributed by atoms with Crippen LogP contribution >= 0.6 is 69.6 Å². The number of esters is 4. The van der Waals surface area contributed by atoms with E-state index in [9.17, 15) is 19.2 Å². The fourth-order valence-corrected chi connectivity index (χ4v) is 6.91. The number of rotatable bonds is 8. The molecule has 0 aromatic heterocycles. The smallest absolute Gasteiger partial charge is 0.423 e. The zero-order chi connectivity index (χ0) is 32.3. The van der Waals surface area contributed by atoms with Crippen LogP contribution in [0.25, 0.3) is 0 Å². The van der Waals surface area contributed by atoms with Crippen LogP contribution in [-0.2, 0) is 19.1 Å². The Labute approximate surface area is 284 Å². The SMILES string of the molecule is CC1CCC(COC(=O)c2c(Cl)c(Cl)cc(Cl)c2OC(=O)C(=O)Oc2c(Cl)cc(Cl)c(Cl)c2C(=O)OCC2CCC(C)C2)C1. The molecule has 4 rings (SSSR count). The van der Waals surface area contributed by atoms with E-state index >= 15 is 0 Å². The summed E-state index contributed by atoms with van der Waals surface area (Å²) < 4.78 is 21.2. The number of carbonyl (C=O) groups excluding carboxylic acids is 4. The van der Waals surface area contributed by atoms with Crippen LogP contribution in [0.1, 0.15) is 73.1 Å². The third-order valence-corrected chi connectivity index (χ3v) is 9.86. The molecule has 2 fully saturated rings. The third-order valence-electron chi connectivity index (χ3n) is 7.72. The quantitative estimate of drug-likeness (QED) is 0.115. The lowest BCUT2D eigenvalue weighted by Crippen LogP contribution is -2.27. The highest BCUT2D eigenvalue weighted by molar-refractivity contribution is 6.47. The lowest BCUT2D eigenvalue weighted by Gasteiger charge is -2.17. The second-order valence-corrected chi connectivity index (χ2v) is 13.6. The molecule has 4 unspecified atom stereocenters. The Morgan fingerprint density at radius 3 is 1.30 bits per heavy atom. The van der Waals surface area contributed by atoms with Crippen molar-refractivity contribution in [3.8, 4) is 11.5 Å². The van der Waals surface area contributed by atoms with Gasteiger partial charge in [-0.15, -0.1) is 0 Å². The molecule has 0 heterocycles. The first-order valence-electron chi connectivity index (χ1n) is 13.9. The van der Waals surface area contributed by atoms with E-state index in [1.807, 2.05) is 0 Å². The molecule has 2 aliphatic carbocycles. The lowest BCUT2D eigenvalue weighted by molar-refractivity contribution is -0.156. The Morgan fingerprint density at radius 1 is 0.614 bits per heavy atom. The Balaban J connectivity index is 1.53. The van der Waals surface area contributed by atoms with Gasteiger partial charge in [-0.3, -0.25) is 0 Å². The van der Waals surface area contributed by atoms with Gasteiger partial charge >= 0.3 is 23.9 Å². The highest BCUT2D eigenvalue weighted by atomic mass is 35.5. The molecule has 0 amide bonds. The van der Waals surface area contributed by atoms with Crippen LogP contribution in [0.15, 0.2) is 12.1 Å². The van der Waals surface area contributed by atoms with Crippen LogP contribution in [0.5, 0.6) is 11.5 Å². The number of hydrogen-bond donors (Lipinski definition) is 0. The molecule has 2 aromatic rings.